The Morgan fingerprint density at radius 3 is 2.57 bits per heavy atom. The Morgan fingerprint density at radius 2 is 2.00 bits per heavy atom. The van der Waals surface area contributed by atoms with Gasteiger partial charge in [0.2, 0.25) is 5.91 Å². The zero-order valence-corrected chi connectivity index (χ0v) is 14.9. The smallest absolute Gasteiger partial charge is 0.231 e. The first-order valence-corrected chi connectivity index (χ1v) is 8.13. The molecular formula is C18H26ClFN2O. The van der Waals surface area contributed by atoms with E-state index in [4.69, 9.17) is 0 Å². The summed E-state index contributed by atoms with van der Waals surface area (Å²) in [4.78, 5) is 15.1. The van der Waals surface area contributed by atoms with Crippen LogP contribution in [0.3, 0.4) is 0 Å². The van der Waals surface area contributed by atoms with E-state index in [1.54, 1.807) is 6.07 Å². The Kier molecular flexibility index (Phi) is 5.07. The molecule has 0 radical (unpaired) electrons. The molecule has 3 nitrogen and oxygen atoms in total. The van der Waals surface area contributed by atoms with Crippen molar-refractivity contribution < 1.29 is 9.18 Å². The molecule has 2 heterocycles. The maximum atomic E-state index is 14.4. The van der Waals surface area contributed by atoms with Crippen molar-refractivity contribution in [2.45, 2.75) is 45.1 Å². The second-order valence-corrected chi connectivity index (χ2v) is 7.60. The highest BCUT2D eigenvalue weighted by atomic mass is 35.5. The summed E-state index contributed by atoms with van der Waals surface area (Å²) in [6.45, 7) is 8.35. The minimum absolute atomic E-state index is 0. The van der Waals surface area contributed by atoms with Gasteiger partial charge in [-0.05, 0) is 51.8 Å². The van der Waals surface area contributed by atoms with Crippen LogP contribution in [0.5, 0.6) is 0 Å². The van der Waals surface area contributed by atoms with Crippen LogP contribution in [-0.2, 0) is 4.79 Å². The number of amides is 1. The number of halogens is 2. The SMILES string of the molecule is CC(C)(C)N1CC(c2ccccc2F)C2(CCCNC2)C1=O.Cl. The first-order chi connectivity index (χ1) is 10.4. The van der Waals surface area contributed by atoms with E-state index in [1.807, 2.05) is 17.0 Å². The quantitative estimate of drug-likeness (QED) is 0.850. The molecule has 0 bridgehead atoms. The Balaban J connectivity index is 0.00000192. The zero-order valence-electron chi connectivity index (χ0n) is 14.1. The fraction of sp³-hybridized carbons (Fsp3) is 0.611. The number of rotatable bonds is 1. The van der Waals surface area contributed by atoms with Crippen LogP contribution in [0, 0.1) is 11.2 Å². The molecule has 2 aliphatic rings. The van der Waals surface area contributed by atoms with Gasteiger partial charge in [0.25, 0.3) is 0 Å². The summed E-state index contributed by atoms with van der Waals surface area (Å²) in [5, 5.41) is 3.37. The standard InChI is InChI=1S/C18H25FN2O.ClH/c1-17(2,3)21-11-14(13-7-4-5-8-15(13)19)18(16(21)22)9-6-10-20-12-18;/h4-5,7-8,14,20H,6,9-12H2,1-3H3;1H. The first-order valence-electron chi connectivity index (χ1n) is 8.13. The fourth-order valence-corrected chi connectivity index (χ4v) is 4.00. The molecule has 2 saturated heterocycles. The summed E-state index contributed by atoms with van der Waals surface area (Å²) in [7, 11) is 0. The Labute approximate surface area is 144 Å². The van der Waals surface area contributed by atoms with Crippen LogP contribution >= 0.6 is 12.4 Å². The maximum Gasteiger partial charge on any atom is 0.231 e. The molecule has 1 aromatic carbocycles. The van der Waals surface area contributed by atoms with E-state index >= 15 is 0 Å². The molecule has 2 unspecified atom stereocenters. The van der Waals surface area contributed by atoms with Crippen molar-refractivity contribution in [2.75, 3.05) is 19.6 Å². The van der Waals surface area contributed by atoms with Gasteiger partial charge in [-0.1, -0.05) is 18.2 Å². The van der Waals surface area contributed by atoms with E-state index < -0.39 is 5.41 Å². The number of carbonyl (C=O) groups excluding carboxylic acids is 1. The van der Waals surface area contributed by atoms with Crippen LogP contribution in [-0.4, -0.2) is 36.0 Å². The molecule has 2 atom stereocenters. The highest BCUT2D eigenvalue weighted by Gasteiger charge is 2.56. The van der Waals surface area contributed by atoms with Crippen LogP contribution in [0.1, 0.15) is 45.1 Å². The summed E-state index contributed by atoms with van der Waals surface area (Å²) < 4.78 is 14.4. The van der Waals surface area contributed by atoms with Gasteiger partial charge >= 0.3 is 0 Å². The summed E-state index contributed by atoms with van der Waals surface area (Å²) in [5.41, 5.74) is -0.0405. The van der Waals surface area contributed by atoms with Crippen molar-refractivity contribution >= 4 is 18.3 Å². The van der Waals surface area contributed by atoms with Crippen molar-refractivity contribution in [2.24, 2.45) is 5.41 Å². The van der Waals surface area contributed by atoms with Crippen molar-refractivity contribution in [1.82, 2.24) is 10.2 Å². The van der Waals surface area contributed by atoms with E-state index in [2.05, 4.69) is 26.1 Å². The molecule has 0 aliphatic carbocycles. The van der Waals surface area contributed by atoms with Gasteiger partial charge in [-0.3, -0.25) is 4.79 Å². The van der Waals surface area contributed by atoms with Gasteiger partial charge < -0.3 is 10.2 Å². The first kappa shape index (κ1) is 18.2. The molecule has 1 amide bonds. The molecule has 3 rings (SSSR count). The van der Waals surface area contributed by atoms with Gasteiger partial charge in [0.15, 0.2) is 0 Å². The van der Waals surface area contributed by atoms with E-state index in [-0.39, 0.29) is 35.6 Å². The van der Waals surface area contributed by atoms with Gasteiger partial charge in [0, 0.05) is 24.5 Å². The molecular weight excluding hydrogens is 315 g/mol. The van der Waals surface area contributed by atoms with Gasteiger partial charge in [-0.25, -0.2) is 4.39 Å². The second-order valence-electron chi connectivity index (χ2n) is 7.60. The maximum absolute atomic E-state index is 14.4. The van der Waals surface area contributed by atoms with Gasteiger partial charge in [-0.15, -0.1) is 12.4 Å². The van der Waals surface area contributed by atoms with Gasteiger partial charge in [-0.2, -0.15) is 0 Å². The molecule has 23 heavy (non-hydrogen) atoms. The third-order valence-corrected chi connectivity index (χ3v) is 5.21. The Hall–Kier alpha value is -1.13. The average molecular weight is 341 g/mol. The molecule has 2 aliphatic heterocycles. The van der Waals surface area contributed by atoms with E-state index in [0.717, 1.165) is 19.4 Å². The molecule has 2 fully saturated rings. The van der Waals surface area contributed by atoms with Gasteiger partial charge in [0.1, 0.15) is 5.82 Å². The molecule has 1 spiro atoms. The predicted octanol–water partition coefficient (Wildman–Crippen LogP) is 3.34. The largest absolute Gasteiger partial charge is 0.337 e. The Morgan fingerprint density at radius 1 is 1.30 bits per heavy atom. The van der Waals surface area contributed by atoms with E-state index in [0.29, 0.717) is 18.7 Å². The second kappa shape index (κ2) is 6.40. The topological polar surface area (TPSA) is 32.3 Å². The summed E-state index contributed by atoms with van der Waals surface area (Å²) in [5.74, 6) is -0.0883. The predicted molar refractivity (Wildman–Crippen MR) is 92.4 cm³/mol. The van der Waals surface area contributed by atoms with Crippen LogP contribution in [0.4, 0.5) is 4.39 Å². The number of likely N-dealkylation sites (tertiary alicyclic amines) is 1. The zero-order chi connectivity index (χ0) is 16.0. The summed E-state index contributed by atoms with van der Waals surface area (Å²) in [6.07, 6.45) is 1.80. The summed E-state index contributed by atoms with van der Waals surface area (Å²) in [6, 6.07) is 6.93. The lowest BCUT2D eigenvalue weighted by Crippen LogP contribution is -2.50. The van der Waals surface area contributed by atoms with Crippen molar-refractivity contribution in [3.63, 3.8) is 0 Å². The summed E-state index contributed by atoms with van der Waals surface area (Å²) >= 11 is 0. The number of nitrogens with zero attached hydrogens (tertiary/aromatic N) is 1. The normalized spacial score (nSPS) is 28.1. The highest BCUT2D eigenvalue weighted by Crippen LogP contribution is 2.50. The van der Waals surface area contributed by atoms with Crippen LogP contribution < -0.4 is 5.32 Å². The lowest BCUT2D eigenvalue weighted by atomic mass is 9.69. The number of hydrogen-bond donors (Lipinski definition) is 1. The van der Waals surface area contributed by atoms with Crippen molar-refractivity contribution in [1.29, 1.82) is 0 Å². The Bertz CT molecular complexity index is 579. The highest BCUT2D eigenvalue weighted by molar-refractivity contribution is 5.87. The van der Waals surface area contributed by atoms with Crippen LogP contribution in [0.2, 0.25) is 0 Å². The number of carbonyl (C=O) groups is 1. The molecule has 1 aromatic rings. The minimum atomic E-state index is -0.492. The lowest BCUT2D eigenvalue weighted by Gasteiger charge is -2.38. The lowest BCUT2D eigenvalue weighted by molar-refractivity contribution is -0.141. The van der Waals surface area contributed by atoms with Crippen molar-refractivity contribution in [3.8, 4) is 0 Å². The van der Waals surface area contributed by atoms with E-state index in [9.17, 15) is 9.18 Å². The monoisotopic (exact) mass is 340 g/mol. The van der Waals surface area contributed by atoms with Crippen LogP contribution in [0.15, 0.2) is 24.3 Å². The minimum Gasteiger partial charge on any atom is -0.337 e. The molecule has 0 saturated carbocycles. The van der Waals surface area contributed by atoms with Gasteiger partial charge in [0.05, 0.1) is 5.41 Å². The number of hydrogen-bond acceptors (Lipinski definition) is 2. The average Bonchev–Trinajstić information content (AvgIpc) is 2.74. The molecule has 5 heteroatoms. The molecule has 0 aromatic heterocycles. The third-order valence-electron chi connectivity index (χ3n) is 5.21. The van der Waals surface area contributed by atoms with Crippen molar-refractivity contribution in [3.05, 3.63) is 35.6 Å². The molecule has 1 N–H and O–H groups in total. The number of piperidine rings is 1. The molecule has 128 valence electrons. The third kappa shape index (κ3) is 2.99. The van der Waals surface area contributed by atoms with E-state index in [1.165, 1.54) is 6.07 Å². The number of benzene rings is 1. The fourth-order valence-electron chi connectivity index (χ4n) is 4.00. The van der Waals surface area contributed by atoms with Crippen LogP contribution in [0.25, 0.3) is 0 Å². The number of nitrogens with one attached hydrogen (secondary N) is 1.